The molecule has 8 nitrogen and oxygen atoms in total. The lowest BCUT2D eigenvalue weighted by Crippen LogP contribution is -2.32. The normalized spacial score (nSPS) is 12.7. The second kappa shape index (κ2) is 8.96. The number of nitrogens with two attached hydrogens (primary N) is 1. The van der Waals surface area contributed by atoms with E-state index in [9.17, 15) is 18.0 Å². The Kier molecular flexibility index (Phi) is 6.35. The molecule has 31 heavy (non-hydrogen) atoms. The highest BCUT2D eigenvalue weighted by molar-refractivity contribution is 6.32. The molecule has 0 unspecified atom stereocenters. The average Bonchev–Trinajstić information content (AvgIpc) is 3.23. The maximum atomic E-state index is 13.7. The minimum Gasteiger partial charge on any atom is -0.404 e. The van der Waals surface area contributed by atoms with E-state index in [1.54, 1.807) is 19.1 Å². The molecule has 3 rings (SSSR count). The molecule has 3 N–H and O–H groups in total. The smallest absolute Gasteiger partial charge is 0.404 e. The molecular weight excluding hydrogens is 435 g/mol. The summed E-state index contributed by atoms with van der Waals surface area (Å²) in [7, 11) is 0. The molecule has 0 atom stereocenters. The number of aryl methyl sites for hydroxylation is 1. The number of pyridine rings is 1. The Labute approximate surface area is 179 Å². The highest BCUT2D eigenvalue weighted by Crippen LogP contribution is 2.28. The summed E-state index contributed by atoms with van der Waals surface area (Å²) in [5.41, 5.74) is 3.68. The van der Waals surface area contributed by atoms with Crippen molar-refractivity contribution >= 4 is 34.6 Å². The van der Waals surface area contributed by atoms with Crippen LogP contribution in [0.1, 0.15) is 5.56 Å². The third-order valence-corrected chi connectivity index (χ3v) is 4.25. The fraction of sp³-hybridized carbons (Fsp3) is 0.105. The SMILES string of the molecule is Cc1ccccc1N=C(C(=CN)C(=O)Nc1cnc(-n2nccn2)c(Cl)c1)C(F)(F)F. The number of nitrogens with zero attached hydrogens (tertiary/aromatic N) is 5. The first-order chi connectivity index (χ1) is 14.7. The number of hydrogen-bond donors (Lipinski definition) is 2. The largest absolute Gasteiger partial charge is 0.434 e. The number of nitrogens with one attached hydrogen (secondary N) is 1. The summed E-state index contributed by atoms with van der Waals surface area (Å²) in [5.74, 6) is -0.952. The zero-order valence-corrected chi connectivity index (χ0v) is 16.7. The molecule has 160 valence electrons. The van der Waals surface area contributed by atoms with Crippen molar-refractivity contribution < 1.29 is 18.0 Å². The quantitative estimate of drug-likeness (QED) is 0.455. The molecule has 1 amide bonds. The van der Waals surface area contributed by atoms with E-state index in [1.165, 1.54) is 36.8 Å². The van der Waals surface area contributed by atoms with Crippen molar-refractivity contribution in [3.05, 3.63) is 71.3 Å². The van der Waals surface area contributed by atoms with Gasteiger partial charge in [0.2, 0.25) is 0 Å². The molecule has 0 fully saturated rings. The van der Waals surface area contributed by atoms with Gasteiger partial charge in [-0.25, -0.2) is 9.98 Å². The zero-order chi connectivity index (χ0) is 22.6. The summed E-state index contributed by atoms with van der Waals surface area (Å²) in [6.45, 7) is 1.60. The van der Waals surface area contributed by atoms with E-state index < -0.39 is 23.4 Å². The van der Waals surface area contributed by atoms with E-state index in [4.69, 9.17) is 17.3 Å². The number of amides is 1. The van der Waals surface area contributed by atoms with Crippen LogP contribution in [0.2, 0.25) is 5.02 Å². The molecule has 12 heteroatoms. The Morgan fingerprint density at radius 2 is 1.94 bits per heavy atom. The van der Waals surface area contributed by atoms with Crippen LogP contribution in [0.15, 0.2) is 65.7 Å². The number of hydrogen-bond acceptors (Lipinski definition) is 6. The monoisotopic (exact) mass is 449 g/mol. The number of aliphatic imine (C=N–C) groups is 1. The Morgan fingerprint density at radius 3 is 2.52 bits per heavy atom. The van der Waals surface area contributed by atoms with Crippen molar-refractivity contribution in [1.82, 2.24) is 20.0 Å². The number of aromatic nitrogens is 4. The molecule has 0 saturated heterocycles. The standard InChI is InChI=1S/C19H15ClF3N7O/c1-11-4-2-3-5-15(11)29-16(19(21,22)23)13(9-24)18(31)28-12-8-14(20)17(25-10-12)30-26-6-7-27-30/h2-10H,24H2,1H3,(H,28,31). The molecule has 0 spiro atoms. The van der Waals surface area contributed by atoms with E-state index in [-0.39, 0.29) is 22.2 Å². The Hall–Kier alpha value is -3.73. The van der Waals surface area contributed by atoms with E-state index in [0.717, 1.165) is 4.80 Å². The van der Waals surface area contributed by atoms with Crippen LogP contribution in [0, 0.1) is 6.92 Å². The number of halogens is 4. The van der Waals surface area contributed by atoms with Gasteiger partial charge in [0.25, 0.3) is 5.91 Å². The molecule has 0 saturated carbocycles. The van der Waals surface area contributed by atoms with E-state index in [2.05, 4.69) is 25.5 Å². The average molecular weight is 450 g/mol. The van der Waals surface area contributed by atoms with Gasteiger partial charge >= 0.3 is 6.18 Å². The molecule has 3 aromatic rings. The first-order valence-corrected chi connectivity index (χ1v) is 9.06. The molecule has 2 heterocycles. The Bertz CT molecular complexity index is 1160. The van der Waals surface area contributed by atoms with Gasteiger partial charge in [-0.2, -0.15) is 23.4 Å². The summed E-state index contributed by atoms with van der Waals surface area (Å²) in [6, 6.07) is 7.49. The number of rotatable bonds is 5. The van der Waals surface area contributed by atoms with Crippen LogP contribution >= 0.6 is 11.6 Å². The summed E-state index contributed by atoms with van der Waals surface area (Å²) in [5, 5.41) is 10.1. The second-order valence-electron chi connectivity index (χ2n) is 6.13. The molecule has 0 aliphatic carbocycles. The summed E-state index contributed by atoms with van der Waals surface area (Å²) >= 11 is 6.12. The van der Waals surface area contributed by atoms with Crippen LogP contribution in [0.25, 0.3) is 5.82 Å². The van der Waals surface area contributed by atoms with Crippen LogP contribution in [-0.4, -0.2) is 37.8 Å². The maximum absolute atomic E-state index is 13.7. The van der Waals surface area contributed by atoms with Gasteiger partial charge in [0.15, 0.2) is 11.5 Å². The van der Waals surface area contributed by atoms with Gasteiger partial charge in [0.1, 0.15) is 0 Å². The van der Waals surface area contributed by atoms with Crippen molar-refractivity contribution in [1.29, 1.82) is 0 Å². The van der Waals surface area contributed by atoms with Gasteiger partial charge in [-0.3, -0.25) is 4.79 Å². The predicted molar refractivity (Wildman–Crippen MR) is 109 cm³/mol. The fourth-order valence-electron chi connectivity index (χ4n) is 2.52. The molecule has 1 aromatic carbocycles. The van der Waals surface area contributed by atoms with Gasteiger partial charge in [-0.15, -0.1) is 4.80 Å². The van der Waals surface area contributed by atoms with Crippen molar-refractivity contribution in [2.45, 2.75) is 13.1 Å². The Balaban J connectivity index is 1.91. The van der Waals surface area contributed by atoms with Crippen molar-refractivity contribution in [3.8, 4) is 5.82 Å². The highest BCUT2D eigenvalue weighted by atomic mass is 35.5. The minimum atomic E-state index is -4.93. The molecule has 0 bridgehead atoms. The molecule has 0 aliphatic heterocycles. The third kappa shape index (κ3) is 5.07. The lowest BCUT2D eigenvalue weighted by Gasteiger charge is -2.15. The second-order valence-corrected chi connectivity index (χ2v) is 6.53. The number of para-hydroxylation sites is 1. The van der Waals surface area contributed by atoms with Crippen LogP contribution in [0.4, 0.5) is 24.5 Å². The fourth-order valence-corrected chi connectivity index (χ4v) is 2.76. The highest BCUT2D eigenvalue weighted by Gasteiger charge is 2.40. The molecule has 2 aromatic heterocycles. The van der Waals surface area contributed by atoms with Crippen molar-refractivity contribution in [3.63, 3.8) is 0 Å². The number of anilines is 1. The van der Waals surface area contributed by atoms with E-state index in [0.29, 0.717) is 11.8 Å². The summed E-state index contributed by atoms with van der Waals surface area (Å²) < 4.78 is 41.1. The molecular formula is C19H15ClF3N7O. The topological polar surface area (TPSA) is 111 Å². The van der Waals surface area contributed by atoms with Crippen molar-refractivity contribution in [2.24, 2.45) is 10.7 Å². The summed E-state index contributed by atoms with van der Waals surface area (Å²) in [6.07, 6.45) is -0.355. The maximum Gasteiger partial charge on any atom is 0.434 e. The van der Waals surface area contributed by atoms with Crippen LogP contribution in [0.5, 0.6) is 0 Å². The first-order valence-electron chi connectivity index (χ1n) is 8.68. The van der Waals surface area contributed by atoms with Gasteiger partial charge < -0.3 is 11.1 Å². The third-order valence-electron chi connectivity index (χ3n) is 3.97. The molecule has 0 aliphatic rings. The number of benzene rings is 1. The van der Waals surface area contributed by atoms with E-state index in [1.807, 2.05) is 0 Å². The van der Waals surface area contributed by atoms with E-state index >= 15 is 0 Å². The van der Waals surface area contributed by atoms with Gasteiger partial charge in [-0.05, 0) is 24.6 Å². The Morgan fingerprint density at radius 1 is 1.26 bits per heavy atom. The van der Waals surface area contributed by atoms with Gasteiger partial charge in [-0.1, -0.05) is 29.8 Å². The number of carbonyl (C=O) groups is 1. The zero-order valence-electron chi connectivity index (χ0n) is 15.9. The molecule has 0 radical (unpaired) electrons. The minimum absolute atomic E-state index is 0.0441. The first kappa shape index (κ1) is 22.0. The number of carbonyl (C=O) groups excluding carboxylic acids is 1. The lowest BCUT2D eigenvalue weighted by atomic mass is 10.1. The number of alkyl halides is 3. The van der Waals surface area contributed by atoms with Gasteiger partial charge in [0.05, 0.1) is 40.6 Å². The van der Waals surface area contributed by atoms with Crippen molar-refractivity contribution in [2.75, 3.05) is 5.32 Å². The van der Waals surface area contributed by atoms with Crippen LogP contribution in [0.3, 0.4) is 0 Å². The van der Waals surface area contributed by atoms with Gasteiger partial charge in [0, 0.05) is 6.20 Å². The lowest BCUT2D eigenvalue weighted by molar-refractivity contribution is -0.113. The van der Waals surface area contributed by atoms with Crippen LogP contribution in [-0.2, 0) is 4.79 Å². The van der Waals surface area contributed by atoms with Crippen LogP contribution < -0.4 is 11.1 Å². The predicted octanol–water partition coefficient (Wildman–Crippen LogP) is 3.74. The summed E-state index contributed by atoms with van der Waals surface area (Å²) in [4.78, 5) is 21.4.